The molecule has 1 amide bonds. The number of benzene rings is 3. The van der Waals surface area contributed by atoms with Gasteiger partial charge in [-0.15, -0.1) is 0 Å². The highest BCUT2D eigenvalue weighted by atomic mass is 16.6. The Labute approximate surface area is 408 Å². The molecule has 7 aromatic rings. The van der Waals surface area contributed by atoms with Crippen LogP contribution >= 0.6 is 0 Å². The van der Waals surface area contributed by atoms with Gasteiger partial charge in [0.1, 0.15) is 23.9 Å². The van der Waals surface area contributed by atoms with Crippen molar-refractivity contribution < 1.29 is 34.4 Å². The highest BCUT2D eigenvalue weighted by Crippen LogP contribution is 2.42. The Morgan fingerprint density at radius 2 is 1.72 bits per heavy atom. The lowest BCUT2D eigenvalue weighted by molar-refractivity contribution is -0.172. The minimum Gasteiger partial charge on any atom is -0.508 e. The van der Waals surface area contributed by atoms with E-state index >= 15 is 0 Å². The van der Waals surface area contributed by atoms with Crippen LogP contribution in [-0.2, 0) is 41.2 Å². The van der Waals surface area contributed by atoms with Crippen LogP contribution in [0.25, 0.3) is 50.3 Å². The number of hydrogen-bond donors (Lipinski definition) is 4. The molecular formula is C54H58N8O9. The van der Waals surface area contributed by atoms with E-state index in [-0.39, 0.29) is 59.0 Å². The summed E-state index contributed by atoms with van der Waals surface area (Å²) in [6, 6.07) is 18.5. The summed E-state index contributed by atoms with van der Waals surface area (Å²) in [6.07, 6.45) is 7.39. The Balaban J connectivity index is 0.701. The molecule has 11 rings (SSSR count). The highest BCUT2D eigenvalue weighted by Gasteiger charge is 2.45. The zero-order valence-corrected chi connectivity index (χ0v) is 40.4. The van der Waals surface area contributed by atoms with Crippen molar-refractivity contribution >= 4 is 33.9 Å². The van der Waals surface area contributed by atoms with Gasteiger partial charge >= 0.3 is 17.8 Å². The standard InChI is InChI=1S/C54H58N8O9/c1-5-36-38-24-35(9-10-43(38)55-48-40(36)28-61-45(48)26-42-41(50(61)65)29-70-51(66)54(42,69)6-2)71-53(68)60-21-15-33(16-22-60)58-17-11-31(12-18-58)13-19-59-20-14-32-7-8-34(23-44(32)59)62-49(56-57-52(62)67)39-25-37(30(3)4)46(63)27-47(39)64/h7-10,14,20,23-27,30-31,33,63-64,69H,5-6,11-13,15-19,21-22,28-29H2,1-4H3,(H,57,67). The predicted octanol–water partition coefficient (Wildman–Crippen LogP) is 7.44. The lowest BCUT2D eigenvalue weighted by atomic mass is 9.86. The number of likely N-dealkylation sites (tertiary alicyclic amines) is 2. The molecule has 368 valence electrons. The second-order valence-corrected chi connectivity index (χ2v) is 19.9. The Morgan fingerprint density at radius 3 is 2.46 bits per heavy atom. The van der Waals surface area contributed by atoms with Crippen LogP contribution in [0.5, 0.6) is 17.2 Å². The lowest BCUT2D eigenvalue weighted by Gasteiger charge is -2.41. The summed E-state index contributed by atoms with van der Waals surface area (Å²) in [5.74, 6) is 0.316. The number of aromatic nitrogens is 6. The summed E-state index contributed by atoms with van der Waals surface area (Å²) in [7, 11) is 0. The van der Waals surface area contributed by atoms with E-state index in [9.17, 15) is 34.5 Å². The largest absolute Gasteiger partial charge is 0.508 e. The normalized spacial score (nSPS) is 18.6. The van der Waals surface area contributed by atoms with Gasteiger partial charge in [-0.25, -0.2) is 29.0 Å². The number of H-pyrrole nitrogens is 1. The number of aliphatic hydroxyl groups is 1. The first-order chi connectivity index (χ1) is 34.2. The number of carbonyl (C=O) groups excluding carboxylic acids is 2. The Morgan fingerprint density at radius 1 is 0.930 bits per heavy atom. The zero-order valence-electron chi connectivity index (χ0n) is 40.4. The van der Waals surface area contributed by atoms with Crippen molar-refractivity contribution in [2.75, 3.05) is 26.2 Å². The molecule has 2 fully saturated rings. The third kappa shape index (κ3) is 7.85. The number of piperidine rings is 2. The number of rotatable bonds is 10. The number of fused-ring (bicyclic) bond motifs is 6. The first-order valence-corrected chi connectivity index (χ1v) is 24.9. The number of aromatic hydroxyl groups is 2. The number of amides is 1. The number of nitrogens with zero attached hydrogens (tertiary/aromatic N) is 7. The fraction of sp³-hybridized carbons (Fsp3) is 0.407. The van der Waals surface area contributed by atoms with Gasteiger partial charge in [0.25, 0.3) is 5.56 Å². The molecule has 0 radical (unpaired) electrons. The van der Waals surface area contributed by atoms with Crippen LogP contribution in [0.1, 0.15) is 100.0 Å². The fourth-order valence-electron chi connectivity index (χ4n) is 11.6. The van der Waals surface area contributed by atoms with E-state index in [1.807, 2.05) is 51.1 Å². The first kappa shape index (κ1) is 46.2. The number of nitrogens with one attached hydrogen (secondary N) is 1. The number of ether oxygens (including phenoxy) is 2. The highest BCUT2D eigenvalue weighted by molar-refractivity contribution is 5.90. The number of phenolic OH excluding ortho intramolecular Hbond substituents is 2. The quantitative estimate of drug-likeness (QED) is 0.0986. The smallest absolute Gasteiger partial charge is 0.415 e. The summed E-state index contributed by atoms with van der Waals surface area (Å²) in [5, 5.41) is 41.3. The van der Waals surface area contributed by atoms with Gasteiger partial charge in [-0.2, -0.15) is 5.10 Å². The van der Waals surface area contributed by atoms with Crippen molar-refractivity contribution in [3.63, 3.8) is 0 Å². The molecule has 1 atom stereocenters. The molecule has 71 heavy (non-hydrogen) atoms. The topological polar surface area (TPSA) is 210 Å². The van der Waals surface area contributed by atoms with Crippen molar-refractivity contribution in [2.45, 2.75) is 110 Å². The molecule has 0 aliphatic carbocycles. The molecule has 8 heterocycles. The van der Waals surface area contributed by atoms with Gasteiger partial charge in [0.15, 0.2) is 11.4 Å². The zero-order chi connectivity index (χ0) is 49.5. The molecule has 2 saturated heterocycles. The third-order valence-corrected chi connectivity index (χ3v) is 15.7. The molecule has 4 aliphatic rings. The second-order valence-electron chi connectivity index (χ2n) is 19.9. The van der Waals surface area contributed by atoms with Crippen LogP contribution in [-0.4, -0.2) is 98.3 Å². The molecular weight excluding hydrogens is 905 g/mol. The van der Waals surface area contributed by atoms with Gasteiger partial charge in [0, 0.05) is 54.5 Å². The first-order valence-electron chi connectivity index (χ1n) is 24.9. The molecule has 4 aromatic heterocycles. The van der Waals surface area contributed by atoms with Gasteiger partial charge in [-0.05, 0) is 135 Å². The maximum atomic E-state index is 13.8. The summed E-state index contributed by atoms with van der Waals surface area (Å²) < 4.78 is 16.6. The van der Waals surface area contributed by atoms with Crippen LogP contribution in [0.3, 0.4) is 0 Å². The van der Waals surface area contributed by atoms with E-state index in [0.29, 0.717) is 77.5 Å². The molecule has 0 saturated carbocycles. The summed E-state index contributed by atoms with van der Waals surface area (Å²) in [5.41, 5.74) is 4.32. The SMILES string of the molecule is CCc1c2c(nc3ccc(OC(=O)N4CCC(N5CCC(CCn6ccc7ccc(-n8c(-c9cc(C(C)C)c(O)cc9O)n[nH]c8=O)cc76)CC5)CC4)cc13)-c1cc3c(c(=O)n1C2)COC(=O)C3(O)CC. The molecule has 1 unspecified atom stereocenters. The van der Waals surface area contributed by atoms with E-state index in [1.54, 1.807) is 34.6 Å². The van der Waals surface area contributed by atoms with Crippen LogP contribution in [0.15, 0.2) is 76.4 Å². The minimum absolute atomic E-state index is 0.00832. The molecule has 17 nitrogen and oxygen atoms in total. The molecule has 0 bridgehead atoms. The molecule has 0 spiro atoms. The van der Waals surface area contributed by atoms with E-state index in [2.05, 4.69) is 31.9 Å². The fourth-order valence-corrected chi connectivity index (χ4v) is 11.6. The Kier molecular flexibility index (Phi) is 11.6. The maximum Gasteiger partial charge on any atom is 0.415 e. The lowest BCUT2D eigenvalue weighted by Crippen LogP contribution is -2.49. The molecule has 17 heteroatoms. The Hall–Kier alpha value is -7.24. The van der Waals surface area contributed by atoms with Gasteiger partial charge in [-0.1, -0.05) is 33.8 Å². The van der Waals surface area contributed by atoms with Crippen LogP contribution in [0.4, 0.5) is 4.79 Å². The monoisotopic (exact) mass is 962 g/mol. The van der Waals surface area contributed by atoms with Crippen LogP contribution in [0, 0.1) is 5.92 Å². The number of hydrogen-bond acceptors (Lipinski definition) is 12. The molecule has 3 aromatic carbocycles. The van der Waals surface area contributed by atoms with Crippen molar-refractivity contribution in [3.05, 3.63) is 116 Å². The van der Waals surface area contributed by atoms with Gasteiger partial charge in [-0.3, -0.25) is 4.79 Å². The Bertz CT molecular complexity index is 3410. The number of pyridine rings is 2. The number of aromatic amines is 1. The van der Waals surface area contributed by atoms with Crippen molar-refractivity contribution in [1.29, 1.82) is 0 Å². The van der Waals surface area contributed by atoms with E-state index in [4.69, 9.17) is 14.5 Å². The van der Waals surface area contributed by atoms with Crippen LogP contribution < -0.4 is 16.0 Å². The van der Waals surface area contributed by atoms with Crippen molar-refractivity contribution in [3.8, 4) is 45.7 Å². The summed E-state index contributed by atoms with van der Waals surface area (Å²) in [6.45, 7) is 11.8. The van der Waals surface area contributed by atoms with E-state index in [0.717, 1.165) is 79.2 Å². The second kappa shape index (κ2) is 17.9. The van der Waals surface area contributed by atoms with Crippen molar-refractivity contribution in [1.82, 2.24) is 38.7 Å². The summed E-state index contributed by atoms with van der Waals surface area (Å²) in [4.78, 5) is 62.6. The van der Waals surface area contributed by atoms with Crippen molar-refractivity contribution in [2.24, 2.45) is 5.92 Å². The number of aryl methyl sites for hydroxylation is 2. The number of esters is 1. The maximum absolute atomic E-state index is 13.8. The van der Waals surface area contributed by atoms with Gasteiger partial charge < -0.3 is 43.7 Å². The molecule has 4 aliphatic heterocycles. The number of cyclic esters (lactones) is 1. The average Bonchev–Trinajstić information content (AvgIpc) is 4.08. The predicted molar refractivity (Wildman–Crippen MR) is 266 cm³/mol. The average molecular weight is 963 g/mol. The van der Waals surface area contributed by atoms with Crippen LogP contribution in [0.2, 0.25) is 0 Å². The third-order valence-electron chi connectivity index (χ3n) is 15.7. The number of phenols is 2. The van der Waals surface area contributed by atoms with E-state index < -0.39 is 17.3 Å². The van der Waals surface area contributed by atoms with E-state index in [1.165, 1.54) is 10.6 Å². The van der Waals surface area contributed by atoms with Gasteiger partial charge in [0.05, 0.1) is 45.8 Å². The number of carbonyl (C=O) groups is 2. The molecule has 4 N–H and O–H groups in total. The summed E-state index contributed by atoms with van der Waals surface area (Å²) >= 11 is 0. The van der Waals surface area contributed by atoms with Gasteiger partial charge in [0.2, 0.25) is 0 Å². The minimum atomic E-state index is -1.90.